The van der Waals surface area contributed by atoms with Crippen LogP contribution in [0.15, 0.2) is 55.0 Å². The lowest BCUT2D eigenvalue weighted by molar-refractivity contribution is 0.102. The van der Waals surface area contributed by atoms with Crippen molar-refractivity contribution in [1.82, 2.24) is 25.1 Å². The minimum Gasteiger partial charge on any atom is -0.481 e. The van der Waals surface area contributed by atoms with Gasteiger partial charge in [-0.05, 0) is 61.3 Å². The second kappa shape index (κ2) is 9.38. The first-order valence-corrected chi connectivity index (χ1v) is 11.2. The summed E-state index contributed by atoms with van der Waals surface area (Å²) in [5.41, 5.74) is 4.95. The molecule has 0 unspecified atom stereocenters. The molecule has 8 nitrogen and oxygen atoms in total. The lowest BCUT2D eigenvalue weighted by Gasteiger charge is -2.26. The molecule has 4 aromatic rings. The van der Waals surface area contributed by atoms with E-state index in [0.29, 0.717) is 17.3 Å². The number of carbonyl (C=O) groups is 1. The molecule has 1 fully saturated rings. The lowest BCUT2D eigenvalue weighted by atomic mass is 10.0. The van der Waals surface area contributed by atoms with Crippen LogP contribution >= 0.6 is 0 Å². The molecule has 0 aliphatic carbocycles. The molecule has 8 heteroatoms. The second-order valence-electron chi connectivity index (χ2n) is 8.29. The normalized spacial score (nSPS) is 14.3. The van der Waals surface area contributed by atoms with Gasteiger partial charge in [0.25, 0.3) is 5.91 Å². The van der Waals surface area contributed by atoms with Gasteiger partial charge in [-0.15, -0.1) is 0 Å². The molecule has 1 saturated heterocycles. The van der Waals surface area contributed by atoms with Crippen molar-refractivity contribution in [3.63, 3.8) is 0 Å². The number of likely N-dealkylation sites (tertiary alicyclic amines) is 1. The summed E-state index contributed by atoms with van der Waals surface area (Å²) in [5, 5.41) is 10.8. The van der Waals surface area contributed by atoms with Crippen LogP contribution in [0.2, 0.25) is 0 Å². The number of rotatable bonds is 6. The number of methoxy groups -OCH3 is 1. The van der Waals surface area contributed by atoms with Crippen LogP contribution in [0.1, 0.15) is 35.3 Å². The number of benzene rings is 1. The molecule has 1 aromatic carbocycles. The number of hydrogen-bond donors (Lipinski definition) is 2. The van der Waals surface area contributed by atoms with Gasteiger partial charge in [-0.25, -0.2) is 4.98 Å². The number of pyridine rings is 2. The van der Waals surface area contributed by atoms with Crippen LogP contribution in [0.3, 0.4) is 0 Å². The van der Waals surface area contributed by atoms with Crippen LogP contribution < -0.4 is 10.1 Å². The summed E-state index contributed by atoms with van der Waals surface area (Å²) >= 11 is 0. The van der Waals surface area contributed by atoms with Crippen LogP contribution in [0.5, 0.6) is 5.88 Å². The van der Waals surface area contributed by atoms with Crippen LogP contribution in [-0.2, 0) is 6.54 Å². The molecule has 4 heterocycles. The number of ether oxygens (including phenoxy) is 1. The van der Waals surface area contributed by atoms with Crippen molar-refractivity contribution >= 4 is 22.5 Å². The number of hydrogen-bond acceptors (Lipinski definition) is 6. The number of piperidine rings is 1. The number of amides is 1. The van der Waals surface area contributed by atoms with Gasteiger partial charge in [0.1, 0.15) is 0 Å². The van der Waals surface area contributed by atoms with E-state index in [0.717, 1.165) is 41.7 Å². The van der Waals surface area contributed by atoms with E-state index in [2.05, 4.69) is 36.4 Å². The van der Waals surface area contributed by atoms with Crippen LogP contribution in [0.25, 0.3) is 22.0 Å². The minimum absolute atomic E-state index is 0.302. The highest BCUT2D eigenvalue weighted by atomic mass is 16.5. The fourth-order valence-electron chi connectivity index (χ4n) is 4.26. The topological polar surface area (TPSA) is 96.0 Å². The predicted octanol–water partition coefficient (Wildman–Crippen LogP) is 4.27. The average Bonchev–Trinajstić information content (AvgIpc) is 3.28. The van der Waals surface area contributed by atoms with Gasteiger partial charge in [0.2, 0.25) is 5.88 Å². The highest BCUT2D eigenvalue weighted by Gasteiger charge is 2.16. The van der Waals surface area contributed by atoms with Crippen molar-refractivity contribution in [2.24, 2.45) is 0 Å². The number of carbonyl (C=O) groups excluding carboxylic acids is 1. The van der Waals surface area contributed by atoms with E-state index in [9.17, 15) is 4.79 Å². The van der Waals surface area contributed by atoms with Crippen molar-refractivity contribution in [2.75, 3.05) is 25.5 Å². The first-order chi connectivity index (χ1) is 16.2. The Labute approximate surface area is 192 Å². The largest absolute Gasteiger partial charge is 0.481 e. The molecular weight excluding hydrogens is 416 g/mol. The van der Waals surface area contributed by atoms with Gasteiger partial charge in [-0.1, -0.05) is 12.5 Å². The zero-order chi connectivity index (χ0) is 22.6. The second-order valence-corrected chi connectivity index (χ2v) is 8.29. The molecular formula is C25H26N6O2. The Morgan fingerprint density at radius 2 is 1.97 bits per heavy atom. The Kier molecular flexibility index (Phi) is 5.99. The molecule has 1 amide bonds. The fraction of sp³-hybridized carbons (Fsp3) is 0.280. The maximum Gasteiger partial charge on any atom is 0.276 e. The van der Waals surface area contributed by atoms with E-state index in [-0.39, 0.29) is 5.91 Å². The summed E-state index contributed by atoms with van der Waals surface area (Å²) in [5.74, 6) is 0.127. The van der Waals surface area contributed by atoms with Gasteiger partial charge < -0.3 is 10.1 Å². The molecule has 0 atom stereocenters. The molecule has 1 aliphatic rings. The Morgan fingerprint density at radius 1 is 1.09 bits per heavy atom. The zero-order valence-corrected chi connectivity index (χ0v) is 18.5. The van der Waals surface area contributed by atoms with Crippen molar-refractivity contribution in [1.29, 1.82) is 0 Å². The van der Waals surface area contributed by atoms with E-state index < -0.39 is 0 Å². The maximum absolute atomic E-state index is 12.9. The first-order valence-electron chi connectivity index (χ1n) is 11.2. The van der Waals surface area contributed by atoms with E-state index in [1.54, 1.807) is 18.3 Å². The SMILES string of the molecule is COc1cc(NC(=O)c2n[nH]c3ccc(-c4cncc(CN5CCCCC5)c4)cc23)ccn1. The third-order valence-corrected chi connectivity index (χ3v) is 5.96. The molecule has 0 radical (unpaired) electrons. The summed E-state index contributed by atoms with van der Waals surface area (Å²) < 4.78 is 5.13. The molecule has 168 valence electrons. The number of nitrogens with one attached hydrogen (secondary N) is 2. The summed E-state index contributed by atoms with van der Waals surface area (Å²) in [6.45, 7) is 3.21. The third-order valence-electron chi connectivity index (χ3n) is 5.96. The monoisotopic (exact) mass is 442 g/mol. The summed E-state index contributed by atoms with van der Waals surface area (Å²) in [6.07, 6.45) is 9.24. The van der Waals surface area contributed by atoms with E-state index >= 15 is 0 Å². The molecule has 1 aliphatic heterocycles. The Balaban J connectivity index is 1.40. The maximum atomic E-state index is 12.9. The number of fused-ring (bicyclic) bond motifs is 1. The van der Waals surface area contributed by atoms with Gasteiger partial charge in [0, 0.05) is 47.8 Å². The molecule has 2 N–H and O–H groups in total. The van der Waals surface area contributed by atoms with Gasteiger partial charge in [0.05, 0.1) is 12.6 Å². The quantitative estimate of drug-likeness (QED) is 0.463. The van der Waals surface area contributed by atoms with Crippen molar-refractivity contribution in [3.8, 4) is 17.0 Å². The third kappa shape index (κ3) is 4.70. The zero-order valence-electron chi connectivity index (χ0n) is 18.5. The summed E-state index contributed by atoms with van der Waals surface area (Å²) in [4.78, 5) is 24.0. The molecule has 3 aromatic heterocycles. The molecule has 33 heavy (non-hydrogen) atoms. The number of nitrogens with zero attached hydrogens (tertiary/aromatic N) is 4. The fourth-order valence-corrected chi connectivity index (χ4v) is 4.26. The van der Waals surface area contributed by atoms with Gasteiger partial charge >= 0.3 is 0 Å². The van der Waals surface area contributed by atoms with Crippen molar-refractivity contribution in [2.45, 2.75) is 25.8 Å². The van der Waals surface area contributed by atoms with Crippen LogP contribution in [0.4, 0.5) is 5.69 Å². The first kappa shape index (κ1) is 21.1. The average molecular weight is 443 g/mol. The summed E-state index contributed by atoms with van der Waals surface area (Å²) in [6, 6.07) is 11.5. The van der Waals surface area contributed by atoms with Gasteiger partial charge in [0.15, 0.2) is 5.69 Å². The van der Waals surface area contributed by atoms with Gasteiger partial charge in [-0.2, -0.15) is 5.10 Å². The molecule has 0 spiro atoms. The molecule has 0 saturated carbocycles. The predicted molar refractivity (Wildman–Crippen MR) is 127 cm³/mol. The molecule has 0 bridgehead atoms. The Bertz CT molecular complexity index is 1280. The standard InChI is InChI=1S/C25H26N6O2/c1-33-23-13-20(7-8-27-23)28-25(32)24-21-12-18(5-6-22(21)29-30-24)19-11-17(14-26-15-19)16-31-9-3-2-4-10-31/h5-8,11-15H,2-4,9-10,16H2,1H3,(H,29,30)(H,27,28,32). The van der Waals surface area contributed by atoms with E-state index in [1.807, 2.05) is 30.6 Å². The smallest absolute Gasteiger partial charge is 0.276 e. The summed E-state index contributed by atoms with van der Waals surface area (Å²) in [7, 11) is 1.53. The van der Waals surface area contributed by atoms with Crippen molar-refractivity contribution in [3.05, 3.63) is 66.2 Å². The minimum atomic E-state index is -0.302. The number of aromatic amines is 1. The van der Waals surface area contributed by atoms with E-state index in [1.165, 1.54) is 31.9 Å². The van der Waals surface area contributed by atoms with Crippen LogP contribution in [0, 0.1) is 0 Å². The number of anilines is 1. The molecule has 5 rings (SSSR count). The highest BCUT2D eigenvalue weighted by molar-refractivity contribution is 6.11. The highest BCUT2D eigenvalue weighted by Crippen LogP contribution is 2.27. The number of H-pyrrole nitrogens is 1. The van der Waals surface area contributed by atoms with E-state index in [4.69, 9.17) is 4.74 Å². The number of aromatic nitrogens is 4. The Morgan fingerprint density at radius 3 is 2.82 bits per heavy atom. The lowest BCUT2D eigenvalue weighted by Crippen LogP contribution is -2.29. The van der Waals surface area contributed by atoms with Crippen LogP contribution in [-0.4, -0.2) is 51.2 Å². The van der Waals surface area contributed by atoms with Gasteiger partial charge in [-0.3, -0.25) is 19.8 Å². The van der Waals surface area contributed by atoms with Crippen molar-refractivity contribution < 1.29 is 9.53 Å². The Hall–Kier alpha value is -3.78.